The van der Waals surface area contributed by atoms with E-state index in [0.717, 1.165) is 80.8 Å². The van der Waals surface area contributed by atoms with Gasteiger partial charge in [0.25, 0.3) is 0 Å². The van der Waals surface area contributed by atoms with Crippen LogP contribution in [0, 0.1) is 0 Å². The molecule has 2 aromatic heterocycles. The van der Waals surface area contributed by atoms with Crippen LogP contribution in [0.3, 0.4) is 0 Å². The van der Waals surface area contributed by atoms with Gasteiger partial charge in [-0.3, -0.25) is 33.9 Å². The molecule has 6 heterocycles. The summed E-state index contributed by atoms with van der Waals surface area (Å²) in [4.78, 5) is 65.7. The molecule has 2 unspecified atom stereocenters. The maximum absolute atomic E-state index is 13.2. The number of methoxy groups -OCH3 is 1. The standard InChI is InChI=1S/C61H63Cl2N9O8/c1-3-55(78)72-36-61(37-72)35-71(51(31-74)59-57(61)46-20-18-44(79-2)23-48(46)67-59)29-39-8-14-41(15-9-39)64-52(75)5-4-22-80-45-19-21-47-49(24-45)68-58-50(30-73)70(28-40-10-16-43(17-11-40)66-54(77)26-63)34-60(56(47)58)32-69(33-60)27-38-6-12-42(13-7-38)65-53(76)25-62/h3-21,23-24,50-51,67-68,73-74H,1,22,25-37H2,2H3,(H,64,75)(H,65,76)(H,66,77)/b5-4+. The molecule has 19 heteroatoms. The van der Waals surface area contributed by atoms with Crippen LogP contribution in [0.5, 0.6) is 11.5 Å². The van der Waals surface area contributed by atoms with Gasteiger partial charge >= 0.3 is 0 Å². The average molecular weight is 1120 g/mol. The van der Waals surface area contributed by atoms with Crippen LogP contribution >= 0.6 is 23.2 Å². The number of anilines is 3. The van der Waals surface area contributed by atoms with E-state index < -0.39 is 0 Å². The smallest absolute Gasteiger partial charge is 0.248 e. The molecule has 4 aliphatic heterocycles. The second-order valence-electron chi connectivity index (χ2n) is 21.4. The van der Waals surface area contributed by atoms with Gasteiger partial charge in [-0.05, 0) is 101 Å². The molecule has 5 aromatic carbocycles. The van der Waals surface area contributed by atoms with Gasteiger partial charge in [0.2, 0.25) is 23.6 Å². The van der Waals surface area contributed by atoms with Crippen LogP contribution in [-0.2, 0) is 49.6 Å². The number of alkyl halides is 2. The van der Waals surface area contributed by atoms with Crippen LogP contribution in [0.25, 0.3) is 21.8 Å². The van der Waals surface area contributed by atoms with Gasteiger partial charge < -0.3 is 50.5 Å². The molecule has 0 saturated carbocycles. The monoisotopic (exact) mass is 1120 g/mol. The minimum absolute atomic E-state index is 0.0998. The van der Waals surface area contributed by atoms with E-state index in [-0.39, 0.29) is 78.1 Å². The first-order valence-electron chi connectivity index (χ1n) is 26.6. The Bertz CT molecular complexity index is 3500. The molecule has 80 heavy (non-hydrogen) atoms. The largest absolute Gasteiger partial charge is 0.497 e. The summed E-state index contributed by atoms with van der Waals surface area (Å²) >= 11 is 11.4. The molecule has 4 aliphatic rings. The zero-order valence-corrected chi connectivity index (χ0v) is 45.8. The van der Waals surface area contributed by atoms with Gasteiger partial charge in [-0.25, -0.2) is 0 Å². The van der Waals surface area contributed by atoms with Crippen LogP contribution in [0.1, 0.15) is 51.3 Å². The molecular formula is C61H63Cl2N9O8. The van der Waals surface area contributed by atoms with Crippen molar-refractivity contribution in [1.82, 2.24) is 29.6 Å². The zero-order chi connectivity index (χ0) is 55.7. The number of nitrogens with one attached hydrogen (secondary N) is 5. The number of aromatic nitrogens is 2. The van der Waals surface area contributed by atoms with Crippen molar-refractivity contribution in [2.75, 3.05) is 93.9 Å². The summed E-state index contributed by atoms with van der Waals surface area (Å²) in [6.07, 6.45) is 4.48. The molecule has 11 rings (SSSR count). The fourth-order valence-corrected chi connectivity index (χ4v) is 12.7. The predicted octanol–water partition coefficient (Wildman–Crippen LogP) is 7.70. The van der Waals surface area contributed by atoms with Crippen LogP contribution in [0.15, 0.2) is 134 Å². The number of hydrogen-bond donors (Lipinski definition) is 7. The Kier molecular flexibility index (Phi) is 15.6. The van der Waals surface area contributed by atoms with Gasteiger partial charge in [-0.1, -0.05) is 43.0 Å². The number of H-pyrrole nitrogens is 2. The quantitative estimate of drug-likeness (QED) is 0.0309. The lowest BCUT2D eigenvalue weighted by Crippen LogP contribution is -2.67. The van der Waals surface area contributed by atoms with Gasteiger partial charge in [0.15, 0.2) is 0 Å². The SMILES string of the molecule is C=CC(=O)N1CC2(C1)CN(Cc1ccc(NC(=O)/C=C/COc3ccc4c5c([nH]c4c3)C(CO)N(Cc3ccc(NC(=O)CCl)cc3)CC53CN(Cc4ccc(NC(=O)CCl)cc4)C3)cc1)C(CO)c1[nH]c3cc(OC)ccc3c12. The average Bonchev–Trinajstić information content (AvgIpc) is 4.13. The van der Waals surface area contributed by atoms with E-state index >= 15 is 0 Å². The van der Waals surface area contributed by atoms with Crippen molar-refractivity contribution in [1.29, 1.82) is 0 Å². The minimum atomic E-state index is -0.338. The summed E-state index contributed by atoms with van der Waals surface area (Å²) in [5.41, 5.74) is 10.6. The van der Waals surface area contributed by atoms with Crippen molar-refractivity contribution in [2.45, 2.75) is 42.5 Å². The molecule has 0 aliphatic carbocycles. The molecule has 2 atom stereocenters. The minimum Gasteiger partial charge on any atom is -0.497 e. The number of aliphatic hydroxyl groups is 2. The molecule has 0 bridgehead atoms. The van der Waals surface area contributed by atoms with Crippen molar-refractivity contribution in [3.63, 3.8) is 0 Å². The highest BCUT2D eigenvalue weighted by atomic mass is 35.5. The third kappa shape index (κ3) is 10.8. The van der Waals surface area contributed by atoms with Crippen LogP contribution in [-0.4, -0.2) is 141 Å². The Hall–Kier alpha value is -7.48. The second-order valence-corrected chi connectivity index (χ2v) is 21.9. The lowest BCUT2D eigenvalue weighted by Gasteiger charge is -2.56. The molecule has 17 nitrogen and oxygen atoms in total. The number of hydrogen-bond acceptors (Lipinski definition) is 11. The highest BCUT2D eigenvalue weighted by Crippen LogP contribution is 2.51. The fraction of sp³-hybridized carbons (Fsp3) is 0.311. The molecule has 0 radical (unpaired) electrons. The van der Waals surface area contributed by atoms with E-state index in [2.05, 4.69) is 59.3 Å². The summed E-state index contributed by atoms with van der Waals surface area (Å²) < 4.78 is 11.7. The molecule has 2 saturated heterocycles. The number of nitrogens with zero attached hydrogens (tertiary/aromatic N) is 4. The van der Waals surface area contributed by atoms with Crippen molar-refractivity contribution in [3.05, 3.63) is 173 Å². The number of rotatable bonds is 19. The van der Waals surface area contributed by atoms with Gasteiger partial charge in [-0.2, -0.15) is 0 Å². The number of carbonyl (C=O) groups is 4. The Morgan fingerprint density at radius 1 is 0.637 bits per heavy atom. The van der Waals surface area contributed by atoms with E-state index in [0.29, 0.717) is 62.1 Å². The van der Waals surface area contributed by atoms with Crippen molar-refractivity contribution in [3.8, 4) is 11.5 Å². The van der Waals surface area contributed by atoms with Gasteiger partial charge in [0, 0.05) is 138 Å². The van der Waals surface area contributed by atoms with E-state index in [1.54, 1.807) is 13.2 Å². The van der Waals surface area contributed by atoms with Crippen molar-refractivity contribution in [2.24, 2.45) is 0 Å². The van der Waals surface area contributed by atoms with Crippen LogP contribution in [0.2, 0.25) is 0 Å². The first-order valence-corrected chi connectivity index (χ1v) is 27.7. The molecule has 2 spiro atoms. The van der Waals surface area contributed by atoms with E-state index in [1.807, 2.05) is 102 Å². The van der Waals surface area contributed by atoms with Crippen LogP contribution in [0.4, 0.5) is 17.1 Å². The molecule has 7 N–H and O–H groups in total. The van der Waals surface area contributed by atoms with Gasteiger partial charge in [0.05, 0.1) is 32.4 Å². The molecule has 4 amide bonds. The Morgan fingerprint density at radius 3 is 1.57 bits per heavy atom. The number of likely N-dealkylation sites (tertiary alicyclic amines) is 2. The predicted molar refractivity (Wildman–Crippen MR) is 310 cm³/mol. The van der Waals surface area contributed by atoms with Crippen LogP contribution < -0.4 is 25.4 Å². The topological polar surface area (TPSA) is 208 Å². The lowest BCUT2D eigenvalue weighted by atomic mass is 9.68. The number of amides is 4. The first-order chi connectivity index (χ1) is 38.8. The van der Waals surface area contributed by atoms with E-state index in [1.165, 1.54) is 17.7 Å². The number of benzene rings is 5. The lowest BCUT2D eigenvalue weighted by molar-refractivity contribution is -0.135. The number of carbonyl (C=O) groups excluding carboxylic acids is 4. The fourth-order valence-electron chi connectivity index (χ4n) is 12.6. The molecular weight excluding hydrogens is 1060 g/mol. The summed E-state index contributed by atoms with van der Waals surface area (Å²) in [6.45, 7) is 9.43. The zero-order valence-electron chi connectivity index (χ0n) is 44.3. The first kappa shape index (κ1) is 54.5. The Balaban J connectivity index is 0.746. The van der Waals surface area contributed by atoms with Crippen molar-refractivity contribution < 1.29 is 38.9 Å². The van der Waals surface area contributed by atoms with Gasteiger partial charge in [0.1, 0.15) is 29.9 Å². The van der Waals surface area contributed by atoms with E-state index in [9.17, 15) is 29.4 Å². The Labute approximate surface area is 473 Å². The third-order valence-electron chi connectivity index (χ3n) is 16.1. The van der Waals surface area contributed by atoms with E-state index in [4.69, 9.17) is 32.7 Å². The third-order valence-corrected chi connectivity index (χ3v) is 16.5. The maximum atomic E-state index is 13.2. The Morgan fingerprint density at radius 2 is 1.10 bits per heavy atom. The van der Waals surface area contributed by atoms with Crippen molar-refractivity contribution >= 4 is 85.7 Å². The summed E-state index contributed by atoms with van der Waals surface area (Å²) in [6, 6.07) is 34.5. The summed E-state index contributed by atoms with van der Waals surface area (Å²) in [7, 11) is 1.64. The maximum Gasteiger partial charge on any atom is 0.248 e. The normalized spacial score (nSPS) is 18.4. The summed E-state index contributed by atoms with van der Waals surface area (Å²) in [5, 5.41) is 32.6. The molecule has 2 fully saturated rings. The number of aromatic amines is 2. The second kappa shape index (κ2) is 22.9. The number of halogens is 2. The number of ether oxygens (including phenoxy) is 2. The van der Waals surface area contributed by atoms with Gasteiger partial charge in [-0.15, -0.1) is 23.2 Å². The number of fused-ring (bicyclic) bond motifs is 8. The molecule has 7 aromatic rings. The highest BCUT2D eigenvalue weighted by molar-refractivity contribution is 6.29. The summed E-state index contributed by atoms with van der Waals surface area (Å²) in [5.74, 6) is 0.158. The molecule has 414 valence electrons. The number of aliphatic hydroxyl groups excluding tert-OH is 2. The highest BCUT2D eigenvalue weighted by Gasteiger charge is 2.54.